The first-order chi connectivity index (χ1) is 12.0. The Morgan fingerprint density at radius 3 is 1.15 bits per heavy atom. The number of halogens is 8. The minimum atomic E-state index is -4.94. The van der Waals surface area contributed by atoms with Crippen LogP contribution in [0.2, 0.25) is 0 Å². The standard InChI is InChI=1S/C14H4F8N2S2/c15-9-7(13(17,18)19)23-11(25-9)5-1-2-6(4-3-5)12-24-8(10(16)26-12)14(20,21)22/h1-4H. The second kappa shape index (κ2) is 6.27. The van der Waals surface area contributed by atoms with Gasteiger partial charge in [-0.1, -0.05) is 46.9 Å². The van der Waals surface area contributed by atoms with Crippen molar-refractivity contribution in [1.82, 2.24) is 9.97 Å². The highest BCUT2D eigenvalue weighted by Crippen LogP contribution is 2.39. The highest BCUT2D eigenvalue weighted by Gasteiger charge is 2.39. The second-order valence-corrected chi connectivity index (χ2v) is 6.75. The van der Waals surface area contributed by atoms with Crippen LogP contribution < -0.4 is 0 Å². The Morgan fingerprint density at radius 2 is 0.923 bits per heavy atom. The van der Waals surface area contributed by atoms with Crippen LogP contribution in [0.4, 0.5) is 35.1 Å². The van der Waals surface area contributed by atoms with Gasteiger partial charge in [0.05, 0.1) is 0 Å². The molecule has 2 heterocycles. The lowest BCUT2D eigenvalue weighted by Gasteiger charge is -2.02. The number of rotatable bonds is 2. The van der Waals surface area contributed by atoms with E-state index in [2.05, 4.69) is 9.97 Å². The van der Waals surface area contributed by atoms with E-state index in [1.807, 2.05) is 0 Å². The van der Waals surface area contributed by atoms with Crippen molar-refractivity contribution in [1.29, 1.82) is 0 Å². The summed E-state index contributed by atoms with van der Waals surface area (Å²) in [6.45, 7) is 0. The van der Waals surface area contributed by atoms with E-state index in [0.29, 0.717) is 0 Å². The lowest BCUT2D eigenvalue weighted by molar-refractivity contribution is -0.143. The molecule has 0 unspecified atom stereocenters. The predicted octanol–water partition coefficient (Wildman–Crippen LogP) is 6.25. The van der Waals surface area contributed by atoms with Crippen molar-refractivity contribution in [2.24, 2.45) is 0 Å². The molecule has 138 valence electrons. The van der Waals surface area contributed by atoms with Crippen molar-refractivity contribution in [3.63, 3.8) is 0 Å². The van der Waals surface area contributed by atoms with Crippen molar-refractivity contribution < 1.29 is 35.1 Å². The maximum Gasteiger partial charge on any atom is 0.437 e. The van der Waals surface area contributed by atoms with E-state index in [1.165, 1.54) is 24.3 Å². The monoisotopic (exact) mass is 416 g/mol. The molecule has 0 saturated carbocycles. The number of thiazole rings is 2. The fraction of sp³-hybridized carbons (Fsp3) is 0.143. The minimum Gasteiger partial charge on any atom is -0.228 e. The third-order valence-electron chi connectivity index (χ3n) is 3.09. The molecule has 0 radical (unpaired) electrons. The van der Waals surface area contributed by atoms with Crippen molar-refractivity contribution in [2.45, 2.75) is 12.4 Å². The van der Waals surface area contributed by atoms with Gasteiger partial charge in [-0.2, -0.15) is 35.1 Å². The van der Waals surface area contributed by atoms with E-state index in [-0.39, 0.29) is 43.8 Å². The Bertz CT molecular complexity index is 860. The van der Waals surface area contributed by atoms with Gasteiger partial charge in [0.2, 0.25) is 10.3 Å². The largest absolute Gasteiger partial charge is 0.437 e. The molecule has 0 aliphatic carbocycles. The predicted molar refractivity (Wildman–Crippen MR) is 78.6 cm³/mol. The van der Waals surface area contributed by atoms with Gasteiger partial charge in [-0.05, 0) is 0 Å². The first-order valence-electron chi connectivity index (χ1n) is 6.54. The molecule has 0 atom stereocenters. The van der Waals surface area contributed by atoms with E-state index in [9.17, 15) is 35.1 Å². The maximum atomic E-state index is 13.4. The van der Waals surface area contributed by atoms with Crippen molar-refractivity contribution in [3.05, 3.63) is 45.9 Å². The summed E-state index contributed by atoms with van der Waals surface area (Å²) in [5.41, 5.74) is -3.03. The summed E-state index contributed by atoms with van der Waals surface area (Å²) in [6, 6.07) is 4.95. The number of aromatic nitrogens is 2. The van der Waals surface area contributed by atoms with Gasteiger partial charge in [0.15, 0.2) is 11.4 Å². The molecule has 0 N–H and O–H groups in total. The molecular formula is C14H4F8N2S2. The molecule has 0 fully saturated rings. The molecule has 0 aliphatic heterocycles. The third-order valence-corrected chi connectivity index (χ3v) is 4.87. The summed E-state index contributed by atoms with van der Waals surface area (Å²) < 4.78 is 102. The Morgan fingerprint density at radius 1 is 0.615 bits per heavy atom. The fourth-order valence-electron chi connectivity index (χ4n) is 1.96. The first-order valence-corrected chi connectivity index (χ1v) is 8.18. The molecule has 2 aromatic heterocycles. The summed E-state index contributed by atoms with van der Waals surface area (Å²) >= 11 is 0.373. The van der Waals surface area contributed by atoms with Gasteiger partial charge in [0.25, 0.3) is 0 Å². The van der Waals surface area contributed by atoms with Crippen LogP contribution in [0.5, 0.6) is 0 Å². The Labute approximate surface area is 147 Å². The van der Waals surface area contributed by atoms with Gasteiger partial charge in [-0.25, -0.2) is 9.97 Å². The summed E-state index contributed by atoms with van der Waals surface area (Å²) in [5.74, 6) is 0. The summed E-state index contributed by atoms with van der Waals surface area (Å²) in [4.78, 5) is 6.40. The van der Waals surface area contributed by atoms with Crippen LogP contribution in [0.15, 0.2) is 24.3 Å². The van der Waals surface area contributed by atoms with Crippen LogP contribution in [0.25, 0.3) is 21.1 Å². The Balaban J connectivity index is 1.93. The molecule has 0 bridgehead atoms. The van der Waals surface area contributed by atoms with Crippen LogP contribution in [0, 0.1) is 10.3 Å². The van der Waals surface area contributed by atoms with Crippen molar-refractivity contribution in [3.8, 4) is 21.1 Å². The molecule has 3 rings (SSSR count). The van der Waals surface area contributed by atoms with E-state index >= 15 is 0 Å². The molecule has 0 spiro atoms. The zero-order valence-corrected chi connectivity index (χ0v) is 13.7. The number of alkyl halides is 6. The molecule has 26 heavy (non-hydrogen) atoms. The minimum absolute atomic E-state index is 0.126. The quantitative estimate of drug-likeness (QED) is 0.462. The smallest absolute Gasteiger partial charge is 0.228 e. The third kappa shape index (κ3) is 3.56. The van der Waals surface area contributed by atoms with Gasteiger partial charge in [-0.3, -0.25) is 0 Å². The average molecular weight is 416 g/mol. The number of hydrogen-bond acceptors (Lipinski definition) is 4. The summed E-state index contributed by atoms with van der Waals surface area (Å²) in [5, 5.41) is -3.48. The van der Waals surface area contributed by atoms with Crippen LogP contribution in [0.1, 0.15) is 11.4 Å². The molecule has 0 saturated heterocycles. The highest BCUT2D eigenvalue weighted by molar-refractivity contribution is 7.13. The lowest BCUT2D eigenvalue weighted by atomic mass is 10.1. The molecule has 0 amide bonds. The number of nitrogens with zero attached hydrogens (tertiary/aromatic N) is 2. The van der Waals surface area contributed by atoms with Crippen molar-refractivity contribution >= 4 is 22.7 Å². The SMILES string of the molecule is Fc1sc(-c2ccc(-c3nc(C(F)(F)F)c(F)s3)cc2)nc1C(F)(F)F. The molecule has 3 aromatic rings. The molecule has 12 heteroatoms. The van der Waals surface area contributed by atoms with Crippen LogP contribution in [0.3, 0.4) is 0 Å². The summed E-state index contributed by atoms with van der Waals surface area (Å²) in [7, 11) is 0. The van der Waals surface area contributed by atoms with Gasteiger partial charge in [0, 0.05) is 11.1 Å². The molecule has 1 aromatic carbocycles. The Hall–Kier alpha value is -2.08. The first kappa shape index (κ1) is 18.7. The maximum absolute atomic E-state index is 13.4. The van der Waals surface area contributed by atoms with Gasteiger partial charge in [-0.15, -0.1) is 0 Å². The van der Waals surface area contributed by atoms with Crippen LogP contribution >= 0.6 is 22.7 Å². The van der Waals surface area contributed by atoms with E-state index in [1.54, 1.807) is 0 Å². The second-order valence-electron chi connectivity index (χ2n) is 4.86. The average Bonchev–Trinajstić information content (AvgIpc) is 3.10. The van der Waals surface area contributed by atoms with Crippen molar-refractivity contribution in [2.75, 3.05) is 0 Å². The molecule has 0 aliphatic rings. The zero-order valence-electron chi connectivity index (χ0n) is 12.0. The van der Waals surface area contributed by atoms with Crippen LogP contribution in [-0.4, -0.2) is 9.97 Å². The van der Waals surface area contributed by atoms with E-state index in [4.69, 9.17) is 0 Å². The highest BCUT2D eigenvalue weighted by atomic mass is 32.1. The number of hydrogen-bond donors (Lipinski definition) is 0. The van der Waals surface area contributed by atoms with E-state index in [0.717, 1.165) is 0 Å². The normalized spacial score (nSPS) is 12.6. The molecule has 2 nitrogen and oxygen atoms in total. The van der Waals surface area contributed by atoms with Crippen LogP contribution in [-0.2, 0) is 12.4 Å². The Kier molecular flexibility index (Phi) is 4.51. The fourth-order valence-corrected chi connectivity index (χ4v) is 3.59. The lowest BCUT2D eigenvalue weighted by Crippen LogP contribution is -2.07. The zero-order chi connectivity index (χ0) is 19.3. The van der Waals surface area contributed by atoms with Gasteiger partial charge < -0.3 is 0 Å². The van der Waals surface area contributed by atoms with Gasteiger partial charge in [0.1, 0.15) is 10.0 Å². The topological polar surface area (TPSA) is 25.8 Å². The number of benzene rings is 1. The summed E-state index contributed by atoms with van der Waals surface area (Å²) in [6.07, 6.45) is -9.88. The molecular weight excluding hydrogens is 412 g/mol. The van der Waals surface area contributed by atoms with Gasteiger partial charge >= 0.3 is 12.4 Å². The van der Waals surface area contributed by atoms with E-state index < -0.39 is 34.0 Å².